The number of hydrogen-bond donors (Lipinski definition) is 1. The van der Waals surface area contributed by atoms with E-state index >= 15 is 0 Å². The number of likely N-dealkylation sites (tertiary alicyclic amines) is 1. The third kappa shape index (κ3) is 5.20. The van der Waals surface area contributed by atoms with E-state index in [0.29, 0.717) is 24.9 Å². The number of aliphatic imine (C=N–C) groups is 1. The summed E-state index contributed by atoms with van der Waals surface area (Å²) in [5.74, 6) is 2.82. The van der Waals surface area contributed by atoms with Crippen molar-refractivity contribution in [2.45, 2.75) is 53.2 Å². The van der Waals surface area contributed by atoms with Crippen molar-refractivity contribution in [3.8, 4) is 0 Å². The second kappa shape index (κ2) is 8.86. The van der Waals surface area contributed by atoms with Gasteiger partial charge in [0.05, 0.1) is 0 Å². The molecule has 0 radical (unpaired) electrons. The minimum absolute atomic E-state index is 0.154. The first-order valence-electron chi connectivity index (χ1n) is 8.61. The van der Waals surface area contributed by atoms with E-state index in [1.165, 1.54) is 12.8 Å². The van der Waals surface area contributed by atoms with Gasteiger partial charge in [0.25, 0.3) is 0 Å². The molecule has 1 saturated heterocycles. The lowest BCUT2D eigenvalue weighted by atomic mass is 10.00. The molecule has 1 fully saturated rings. The summed E-state index contributed by atoms with van der Waals surface area (Å²) in [5, 5.41) is 7.32. The summed E-state index contributed by atoms with van der Waals surface area (Å²) in [4.78, 5) is 11.3. The Morgan fingerprint density at radius 2 is 2.17 bits per heavy atom. The minimum atomic E-state index is -0.154. The number of guanidine groups is 1. The van der Waals surface area contributed by atoms with Crippen LogP contribution < -0.4 is 5.32 Å². The van der Waals surface area contributed by atoms with Gasteiger partial charge in [-0.25, -0.2) is 4.99 Å². The van der Waals surface area contributed by atoms with Gasteiger partial charge in [-0.05, 0) is 39.5 Å². The molecule has 0 bridgehead atoms. The molecule has 0 aromatic carbocycles. The van der Waals surface area contributed by atoms with Gasteiger partial charge in [-0.3, -0.25) is 0 Å². The Morgan fingerprint density at radius 3 is 2.83 bits per heavy atom. The molecule has 1 aliphatic heterocycles. The summed E-state index contributed by atoms with van der Waals surface area (Å²) in [5.41, 5.74) is 0. The summed E-state index contributed by atoms with van der Waals surface area (Å²) in [6, 6.07) is 0. The van der Waals surface area contributed by atoms with Crippen molar-refractivity contribution in [1.29, 1.82) is 0 Å². The van der Waals surface area contributed by atoms with Crippen LogP contribution in [-0.2, 0) is 11.3 Å². The van der Waals surface area contributed by atoms with E-state index in [2.05, 4.69) is 39.2 Å². The molecule has 1 N–H and O–H groups in total. The van der Waals surface area contributed by atoms with E-state index in [9.17, 15) is 0 Å². The van der Waals surface area contributed by atoms with Gasteiger partial charge in [0.2, 0.25) is 5.89 Å². The molecular formula is C16H29N5O2. The number of nitrogens with zero attached hydrogens (tertiary/aromatic N) is 4. The molecule has 1 aromatic heterocycles. The maximum atomic E-state index is 5.47. The quantitative estimate of drug-likeness (QED) is 0.640. The normalized spacial score (nSPS) is 18.3. The zero-order valence-corrected chi connectivity index (χ0v) is 14.7. The molecule has 1 aliphatic rings. The minimum Gasteiger partial charge on any atom is -0.371 e. The predicted octanol–water partition coefficient (Wildman–Crippen LogP) is 2.36. The van der Waals surface area contributed by atoms with Gasteiger partial charge in [-0.2, -0.15) is 4.98 Å². The second-order valence-corrected chi connectivity index (χ2v) is 5.98. The molecule has 0 spiro atoms. The van der Waals surface area contributed by atoms with E-state index in [4.69, 9.17) is 9.26 Å². The monoisotopic (exact) mass is 323 g/mol. The molecule has 1 atom stereocenters. The van der Waals surface area contributed by atoms with Crippen LogP contribution in [0.2, 0.25) is 0 Å². The number of hydrogen-bond acceptors (Lipinski definition) is 5. The summed E-state index contributed by atoms with van der Waals surface area (Å²) in [6.45, 7) is 12.2. The smallest absolute Gasteiger partial charge is 0.248 e. The van der Waals surface area contributed by atoms with Crippen molar-refractivity contribution in [3.63, 3.8) is 0 Å². The fourth-order valence-electron chi connectivity index (χ4n) is 2.61. The highest BCUT2D eigenvalue weighted by molar-refractivity contribution is 5.80. The molecule has 0 amide bonds. The van der Waals surface area contributed by atoms with Gasteiger partial charge in [0.1, 0.15) is 12.6 Å². The lowest BCUT2D eigenvalue weighted by Gasteiger charge is -2.32. The highest BCUT2D eigenvalue weighted by Gasteiger charge is 2.19. The van der Waals surface area contributed by atoms with Crippen LogP contribution in [-0.4, -0.2) is 47.2 Å². The fraction of sp³-hybridized carbons (Fsp3) is 0.812. The topological polar surface area (TPSA) is 75.8 Å². The SMILES string of the molecule is CCNC(=NCc1nc(C(C)OCC)no1)N1CCC(C)CC1. The van der Waals surface area contributed by atoms with Crippen LogP contribution in [0.1, 0.15) is 58.4 Å². The lowest BCUT2D eigenvalue weighted by Crippen LogP contribution is -2.45. The van der Waals surface area contributed by atoms with E-state index in [0.717, 1.165) is 31.5 Å². The Bertz CT molecular complexity index is 494. The first-order valence-corrected chi connectivity index (χ1v) is 8.61. The lowest BCUT2D eigenvalue weighted by molar-refractivity contribution is 0.0683. The molecule has 23 heavy (non-hydrogen) atoms. The molecule has 0 aliphatic carbocycles. The standard InChI is InChI=1S/C16H29N5O2/c1-5-17-16(21-9-7-12(3)8-10-21)18-11-14-19-15(20-23-14)13(4)22-6-2/h12-13H,5-11H2,1-4H3,(H,17,18). The van der Waals surface area contributed by atoms with Crippen LogP contribution in [0.3, 0.4) is 0 Å². The van der Waals surface area contributed by atoms with Gasteiger partial charge < -0.3 is 19.5 Å². The average Bonchev–Trinajstić information content (AvgIpc) is 3.02. The zero-order chi connectivity index (χ0) is 16.7. The summed E-state index contributed by atoms with van der Waals surface area (Å²) in [7, 11) is 0. The number of rotatable bonds is 6. The van der Waals surface area contributed by atoms with Crippen LogP contribution in [0.15, 0.2) is 9.52 Å². The van der Waals surface area contributed by atoms with Crippen molar-refractivity contribution in [1.82, 2.24) is 20.4 Å². The van der Waals surface area contributed by atoms with Gasteiger partial charge in [0, 0.05) is 26.2 Å². The molecule has 1 aromatic rings. The second-order valence-electron chi connectivity index (χ2n) is 5.98. The third-order valence-electron chi connectivity index (χ3n) is 4.05. The Kier molecular flexibility index (Phi) is 6.83. The highest BCUT2D eigenvalue weighted by atomic mass is 16.5. The first-order chi connectivity index (χ1) is 11.1. The molecule has 2 rings (SSSR count). The Morgan fingerprint density at radius 1 is 1.43 bits per heavy atom. The number of nitrogens with one attached hydrogen (secondary N) is 1. The Balaban J connectivity index is 1.97. The maximum Gasteiger partial charge on any atom is 0.248 e. The highest BCUT2D eigenvalue weighted by Crippen LogP contribution is 2.16. The number of ether oxygens (including phenoxy) is 1. The molecule has 7 nitrogen and oxygen atoms in total. The third-order valence-corrected chi connectivity index (χ3v) is 4.05. The van der Waals surface area contributed by atoms with Gasteiger partial charge in [-0.1, -0.05) is 12.1 Å². The van der Waals surface area contributed by atoms with Crippen molar-refractivity contribution in [3.05, 3.63) is 11.7 Å². The van der Waals surface area contributed by atoms with Crippen LogP contribution in [0.4, 0.5) is 0 Å². The van der Waals surface area contributed by atoms with E-state index in [1.54, 1.807) is 0 Å². The van der Waals surface area contributed by atoms with Crippen molar-refractivity contribution >= 4 is 5.96 Å². The van der Waals surface area contributed by atoms with Crippen molar-refractivity contribution in [2.75, 3.05) is 26.2 Å². The van der Waals surface area contributed by atoms with Crippen LogP contribution in [0.5, 0.6) is 0 Å². The summed E-state index contributed by atoms with van der Waals surface area (Å²) < 4.78 is 10.7. The van der Waals surface area contributed by atoms with E-state index in [1.807, 2.05) is 13.8 Å². The summed E-state index contributed by atoms with van der Waals surface area (Å²) in [6.07, 6.45) is 2.26. The molecule has 1 unspecified atom stereocenters. The zero-order valence-electron chi connectivity index (χ0n) is 14.7. The molecule has 130 valence electrons. The summed E-state index contributed by atoms with van der Waals surface area (Å²) >= 11 is 0. The maximum absolute atomic E-state index is 5.47. The van der Waals surface area contributed by atoms with E-state index in [-0.39, 0.29) is 6.10 Å². The van der Waals surface area contributed by atoms with Crippen molar-refractivity contribution in [2.24, 2.45) is 10.9 Å². The molecule has 7 heteroatoms. The molecule has 0 saturated carbocycles. The molecular weight excluding hydrogens is 294 g/mol. The number of aromatic nitrogens is 2. The van der Waals surface area contributed by atoms with Crippen LogP contribution >= 0.6 is 0 Å². The van der Waals surface area contributed by atoms with Gasteiger partial charge >= 0.3 is 0 Å². The number of piperidine rings is 1. The van der Waals surface area contributed by atoms with Gasteiger partial charge in [-0.15, -0.1) is 0 Å². The first kappa shape index (κ1) is 17.7. The van der Waals surface area contributed by atoms with Gasteiger partial charge in [0.15, 0.2) is 11.8 Å². The predicted molar refractivity (Wildman–Crippen MR) is 89.1 cm³/mol. The van der Waals surface area contributed by atoms with Crippen LogP contribution in [0.25, 0.3) is 0 Å². The Hall–Kier alpha value is -1.63. The van der Waals surface area contributed by atoms with Crippen molar-refractivity contribution < 1.29 is 9.26 Å². The Labute approximate surface area is 138 Å². The molecule has 2 heterocycles. The van der Waals surface area contributed by atoms with E-state index < -0.39 is 0 Å². The fourth-order valence-corrected chi connectivity index (χ4v) is 2.61. The average molecular weight is 323 g/mol. The largest absolute Gasteiger partial charge is 0.371 e. The van der Waals surface area contributed by atoms with Crippen LogP contribution in [0, 0.1) is 5.92 Å².